The van der Waals surface area contributed by atoms with Crippen molar-refractivity contribution in [2.75, 3.05) is 0 Å². The van der Waals surface area contributed by atoms with E-state index in [4.69, 9.17) is 0 Å². The first-order valence-corrected chi connectivity index (χ1v) is 8.02. The number of aromatic nitrogens is 2. The van der Waals surface area contributed by atoms with Gasteiger partial charge >= 0.3 is 0 Å². The van der Waals surface area contributed by atoms with Gasteiger partial charge in [-0.05, 0) is 55.1 Å². The molecule has 2 aromatic rings. The lowest BCUT2D eigenvalue weighted by atomic mass is 10.1. The smallest absolute Gasteiger partial charge is 0.0766 e. The zero-order valence-electron chi connectivity index (χ0n) is 11.8. The first kappa shape index (κ1) is 14.8. The average molecular weight is 342 g/mol. The van der Waals surface area contributed by atoms with E-state index in [1.807, 2.05) is 6.20 Å². The van der Waals surface area contributed by atoms with Gasteiger partial charge in [-0.15, -0.1) is 11.3 Å². The second-order valence-corrected chi connectivity index (χ2v) is 7.56. The van der Waals surface area contributed by atoms with E-state index in [1.54, 1.807) is 11.3 Å². The highest BCUT2D eigenvalue weighted by Crippen LogP contribution is 2.24. The van der Waals surface area contributed by atoms with Crippen LogP contribution < -0.4 is 5.32 Å². The molecule has 19 heavy (non-hydrogen) atoms. The van der Waals surface area contributed by atoms with Crippen LogP contribution in [0.4, 0.5) is 0 Å². The topological polar surface area (TPSA) is 29.9 Å². The van der Waals surface area contributed by atoms with Crippen LogP contribution in [0.3, 0.4) is 0 Å². The van der Waals surface area contributed by atoms with Crippen LogP contribution in [-0.2, 0) is 13.1 Å². The maximum Gasteiger partial charge on any atom is 0.0766 e. The van der Waals surface area contributed by atoms with E-state index in [1.165, 1.54) is 20.6 Å². The molecule has 0 bridgehead atoms. The third-order valence-electron chi connectivity index (χ3n) is 3.00. The summed E-state index contributed by atoms with van der Waals surface area (Å²) in [7, 11) is 0. The summed E-state index contributed by atoms with van der Waals surface area (Å²) < 4.78 is 3.23. The minimum absolute atomic E-state index is 0.130. The van der Waals surface area contributed by atoms with E-state index >= 15 is 0 Å². The Morgan fingerprint density at radius 3 is 2.74 bits per heavy atom. The molecule has 0 spiro atoms. The summed E-state index contributed by atoms with van der Waals surface area (Å²) in [5.74, 6) is 0. The van der Waals surface area contributed by atoms with E-state index in [-0.39, 0.29) is 5.54 Å². The van der Waals surface area contributed by atoms with Crippen LogP contribution in [0.15, 0.2) is 22.1 Å². The molecule has 0 aliphatic heterocycles. The molecule has 2 heterocycles. The number of nitrogens with one attached hydrogen (secondary N) is 1. The summed E-state index contributed by atoms with van der Waals surface area (Å²) in [6, 6.07) is 2.08. The summed E-state index contributed by atoms with van der Waals surface area (Å²) in [5.41, 5.74) is 2.63. The molecule has 0 radical (unpaired) electrons. The lowest BCUT2D eigenvalue weighted by molar-refractivity contribution is 0.423. The molecule has 0 aromatic carbocycles. The molecule has 0 fully saturated rings. The molecular formula is C14H20BrN3S. The Kier molecular flexibility index (Phi) is 4.48. The lowest BCUT2D eigenvalue weighted by Gasteiger charge is -2.20. The largest absolute Gasteiger partial charge is 0.308 e. The van der Waals surface area contributed by atoms with Gasteiger partial charge in [0.1, 0.15) is 0 Å². The first-order valence-electron chi connectivity index (χ1n) is 6.35. The van der Waals surface area contributed by atoms with Gasteiger partial charge in [0.25, 0.3) is 0 Å². The average Bonchev–Trinajstić information content (AvgIpc) is 2.85. The Labute approximate surface area is 127 Å². The molecule has 0 aliphatic carbocycles. The summed E-state index contributed by atoms with van der Waals surface area (Å²) in [4.78, 5) is 1.31. The Morgan fingerprint density at radius 1 is 1.42 bits per heavy atom. The molecule has 0 aliphatic rings. The molecule has 1 N–H and O–H groups in total. The second kappa shape index (κ2) is 5.77. The Balaban J connectivity index is 2.08. The van der Waals surface area contributed by atoms with Gasteiger partial charge < -0.3 is 5.32 Å². The highest BCUT2D eigenvalue weighted by Gasteiger charge is 2.13. The number of halogens is 1. The fourth-order valence-corrected chi connectivity index (χ4v) is 3.21. The Bertz CT molecular complexity index is 551. The molecule has 2 rings (SSSR count). The van der Waals surface area contributed by atoms with Gasteiger partial charge in [-0.3, -0.25) is 4.68 Å². The molecule has 2 aromatic heterocycles. The molecule has 0 saturated carbocycles. The van der Waals surface area contributed by atoms with E-state index in [0.29, 0.717) is 0 Å². The second-order valence-electron chi connectivity index (χ2n) is 5.71. The van der Waals surface area contributed by atoms with Crippen LogP contribution in [0.2, 0.25) is 0 Å². The molecule has 0 amide bonds. The lowest BCUT2D eigenvalue weighted by Crippen LogP contribution is -2.35. The number of hydrogen-bond donors (Lipinski definition) is 1. The third-order valence-corrected chi connectivity index (χ3v) is 4.91. The van der Waals surface area contributed by atoms with Crippen LogP contribution in [0.1, 0.15) is 36.9 Å². The van der Waals surface area contributed by atoms with E-state index in [0.717, 1.165) is 13.1 Å². The molecule has 5 heteroatoms. The van der Waals surface area contributed by atoms with Crippen molar-refractivity contribution in [1.29, 1.82) is 0 Å². The normalized spacial score (nSPS) is 12.1. The molecule has 3 nitrogen and oxygen atoms in total. The maximum atomic E-state index is 4.49. The standard InChI is InChI=1S/C14H20BrN3S/c1-10-11(7-16-14(2,3)4)8-17-18(10)9-13-12(15)5-6-19-13/h5-6,8,16H,7,9H2,1-4H3. The van der Waals surface area contributed by atoms with Gasteiger partial charge in [-0.2, -0.15) is 5.10 Å². The predicted octanol–water partition coefficient (Wildman–Crippen LogP) is 3.95. The van der Waals surface area contributed by atoms with Crippen molar-refractivity contribution in [3.63, 3.8) is 0 Å². The van der Waals surface area contributed by atoms with Gasteiger partial charge in [0.05, 0.1) is 12.7 Å². The Morgan fingerprint density at radius 2 is 2.16 bits per heavy atom. The minimum atomic E-state index is 0.130. The van der Waals surface area contributed by atoms with Crippen LogP contribution in [0, 0.1) is 6.92 Å². The van der Waals surface area contributed by atoms with E-state index in [9.17, 15) is 0 Å². The molecule has 104 valence electrons. The quantitative estimate of drug-likeness (QED) is 0.912. The monoisotopic (exact) mass is 341 g/mol. The summed E-state index contributed by atoms with van der Waals surface area (Å²) >= 11 is 5.33. The zero-order chi connectivity index (χ0) is 14.0. The molecule has 0 atom stereocenters. The summed E-state index contributed by atoms with van der Waals surface area (Å²) in [6.45, 7) is 10.4. The van der Waals surface area contributed by atoms with E-state index in [2.05, 4.69) is 70.2 Å². The fourth-order valence-electron chi connectivity index (χ4n) is 1.75. The van der Waals surface area contributed by atoms with Crippen molar-refractivity contribution in [1.82, 2.24) is 15.1 Å². The van der Waals surface area contributed by atoms with Crippen LogP contribution >= 0.6 is 27.3 Å². The Hall–Kier alpha value is -0.650. The summed E-state index contributed by atoms with van der Waals surface area (Å²) in [5, 5.41) is 10.1. The van der Waals surface area contributed by atoms with Crippen molar-refractivity contribution in [2.24, 2.45) is 0 Å². The number of nitrogens with zero attached hydrogens (tertiary/aromatic N) is 2. The number of rotatable bonds is 4. The fraction of sp³-hybridized carbons (Fsp3) is 0.500. The minimum Gasteiger partial charge on any atom is -0.308 e. The highest BCUT2D eigenvalue weighted by molar-refractivity contribution is 9.10. The van der Waals surface area contributed by atoms with Gasteiger partial charge in [-0.1, -0.05) is 0 Å². The molecular weight excluding hydrogens is 322 g/mol. The van der Waals surface area contributed by atoms with Crippen molar-refractivity contribution in [3.05, 3.63) is 38.3 Å². The van der Waals surface area contributed by atoms with Gasteiger partial charge in [0.2, 0.25) is 0 Å². The first-order chi connectivity index (χ1) is 8.87. The maximum absolute atomic E-state index is 4.49. The van der Waals surface area contributed by atoms with Gasteiger partial charge in [-0.25, -0.2) is 0 Å². The van der Waals surface area contributed by atoms with Crippen molar-refractivity contribution >= 4 is 27.3 Å². The van der Waals surface area contributed by atoms with Gasteiger partial charge in [0, 0.05) is 32.7 Å². The number of thiophene rings is 1. The zero-order valence-corrected chi connectivity index (χ0v) is 14.2. The van der Waals surface area contributed by atoms with Gasteiger partial charge in [0.15, 0.2) is 0 Å². The molecule has 0 saturated heterocycles. The van der Waals surface area contributed by atoms with Crippen LogP contribution in [0.25, 0.3) is 0 Å². The van der Waals surface area contributed by atoms with Crippen LogP contribution in [0.5, 0.6) is 0 Å². The van der Waals surface area contributed by atoms with Crippen molar-refractivity contribution in [2.45, 2.75) is 46.3 Å². The molecule has 0 unspecified atom stereocenters. The third kappa shape index (κ3) is 3.91. The highest BCUT2D eigenvalue weighted by atomic mass is 79.9. The van der Waals surface area contributed by atoms with Crippen molar-refractivity contribution < 1.29 is 0 Å². The van der Waals surface area contributed by atoms with Crippen LogP contribution in [-0.4, -0.2) is 15.3 Å². The van der Waals surface area contributed by atoms with Crippen molar-refractivity contribution in [3.8, 4) is 0 Å². The van der Waals surface area contributed by atoms with E-state index < -0.39 is 0 Å². The number of hydrogen-bond acceptors (Lipinski definition) is 3. The SMILES string of the molecule is Cc1c(CNC(C)(C)C)cnn1Cc1sccc1Br. The summed E-state index contributed by atoms with van der Waals surface area (Å²) in [6.07, 6.45) is 1.97. The predicted molar refractivity (Wildman–Crippen MR) is 84.7 cm³/mol.